The van der Waals surface area contributed by atoms with E-state index in [1.807, 2.05) is 6.07 Å². The second-order valence-electron chi connectivity index (χ2n) is 5.50. The Kier molecular flexibility index (Phi) is 5.53. The lowest BCUT2D eigenvalue weighted by molar-refractivity contribution is -0.137. The van der Waals surface area contributed by atoms with Gasteiger partial charge in [0.15, 0.2) is 0 Å². The maximum absolute atomic E-state index is 13.1. The Morgan fingerprint density at radius 1 is 1.30 bits per heavy atom. The Balaban J connectivity index is 1.73. The second kappa shape index (κ2) is 7.39. The smallest absolute Gasteiger partial charge is 0.303 e. The van der Waals surface area contributed by atoms with Gasteiger partial charge in [-0.3, -0.25) is 4.79 Å². The molecule has 4 heteroatoms. The number of benzene rings is 1. The zero-order valence-electron chi connectivity index (χ0n) is 11.7. The third kappa shape index (κ3) is 5.29. The molecule has 2 rings (SSSR count). The van der Waals surface area contributed by atoms with Crippen molar-refractivity contribution in [1.82, 2.24) is 4.90 Å². The van der Waals surface area contributed by atoms with Gasteiger partial charge in [-0.05, 0) is 56.3 Å². The highest BCUT2D eigenvalue weighted by Crippen LogP contribution is 2.27. The van der Waals surface area contributed by atoms with Gasteiger partial charge in [-0.1, -0.05) is 12.1 Å². The first-order valence-electron chi connectivity index (χ1n) is 7.35. The van der Waals surface area contributed by atoms with E-state index in [4.69, 9.17) is 5.11 Å². The number of rotatable bonds is 9. The van der Waals surface area contributed by atoms with Crippen LogP contribution >= 0.6 is 0 Å². The number of carboxylic acids is 1. The molecule has 1 aromatic carbocycles. The lowest BCUT2D eigenvalue weighted by Crippen LogP contribution is -2.29. The Morgan fingerprint density at radius 3 is 2.75 bits per heavy atom. The fourth-order valence-corrected chi connectivity index (χ4v) is 2.47. The van der Waals surface area contributed by atoms with Gasteiger partial charge in [0.05, 0.1) is 0 Å². The molecule has 0 radical (unpaired) electrons. The standard InChI is InChI=1S/C16H22FNO2/c17-14-5-3-4-13(12-14)9-11-18(15-7-8-15)10-2-1-6-16(19)20/h3-5,12,15H,1-2,6-11H2,(H,19,20). The van der Waals surface area contributed by atoms with E-state index in [1.54, 1.807) is 12.1 Å². The van der Waals surface area contributed by atoms with Crippen LogP contribution in [0.25, 0.3) is 0 Å². The van der Waals surface area contributed by atoms with Crippen LogP contribution in [0.3, 0.4) is 0 Å². The molecule has 1 fully saturated rings. The van der Waals surface area contributed by atoms with Crippen molar-refractivity contribution >= 4 is 5.97 Å². The molecule has 1 N–H and O–H groups in total. The number of hydrogen-bond acceptors (Lipinski definition) is 2. The van der Waals surface area contributed by atoms with Crippen LogP contribution in [0.1, 0.15) is 37.7 Å². The topological polar surface area (TPSA) is 40.5 Å². The van der Waals surface area contributed by atoms with Crippen molar-refractivity contribution < 1.29 is 14.3 Å². The lowest BCUT2D eigenvalue weighted by Gasteiger charge is -2.21. The first kappa shape index (κ1) is 15.0. The third-order valence-corrected chi connectivity index (χ3v) is 3.73. The number of carbonyl (C=O) groups is 1. The summed E-state index contributed by atoms with van der Waals surface area (Å²) in [4.78, 5) is 12.9. The number of halogens is 1. The number of carboxylic acid groups (broad SMARTS) is 1. The molecule has 0 bridgehead atoms. The molecular weight excluding hydrogens is 257 g/mol. The van der Waals surface area contributed by atoms with Crippen LogP contribution in [0.4, 0.5) is 4.39 Å². The molecule has 1 aromatic rings. The predicted molar refractivity (Wildman–Crippen MR) is 76.2 cm³/mol. The van der Waals surface area contributed by atoms with Crippen LogP contribution < -0.4 is 0 Å². The van der Waals surface area contributed by atoms with Crippen LogP contribution in [0, 0.1) is 5.82 Å². The molecule has 3 nitrogen and oxygen atoms in total. The summed E-state index contributed by atoms with van der Waals surface area (Å²) in [6.45, 7) is 1.88. The largest absolute Gasteiger partial charge is 0.481 e. The number of nitrogens with zero attached hydrogens (tertiary/aromatic N) is 1. The van der Waals surface area contributed by atoms with Crippen LogP contribution in [0.15, 0.2) is 24.3 Å². The first-order chi connectivity index (χ1) is 9.65. The molecule has 0 atom stereocenters. The van der Waals surface area contributed by atoms with Crippen molar-refractivity contribution in [1.29, 1.82) is 0 Å². The van der Waals surface area contributed by atoms with Gasteiger partial charge in [0.1, 0.15) is 5.82 Å². The molecule has 0 spiro atoms. The average molecular weight is 279 g/mol. The van der Waals surface area contributed by atoms with E-state index in [2.05, 4.69) is 4.90 Å². The second-order valence-corrected chi connectivity index (χ2v) is 5.50. The van der Waals surface area contributed by atoms with Crippen LogP contribution in [0.5, 0.6) is 0 Å². The maximum atomic E-state index is 13.1. The minimum absolute atomic E-state index is 0.179. The van der Waals surface area contributed by atoms with E-state index < -0.39 is 5.97 Å². The van der Waals surface area contributed by atoms with Crippen molar-refractivity contribution in [2.24, 2.45) is 0 Å². The van der Waals surface area contributed by atoms with Gasteiger partial charge in [-0.15, -0.1) is 0 Å². The van der Waals surface area contributed by atoms with E-state index in [0.717, 1.165) is 37.9 Å². The molecule has 20 heavy (non-hydrogen) atoms. The van der Waals surface area contributed by atoms with Gasteiger partial charge in [-0.2, -0.15) is 0 Å². The summed E-state index contributed by atoms with van der Waals surface area (Å²) in [6, 6.07) is 7.43. The Labute approximate surface area is 119 Å². The normalized spacial score (nSPS) is 14.7. The summed E-state index contributed by atoms with van der Waals surface area (Å²) in [7, 11) is 0. The zero-order chi connectivity index (χ0) is 14.4. The van der Waals surface area contributed by atoms with Gasteiger partial charge in [0, 0.05) is 19.0 Å². The Bertz CT molecular complexity index is 446. The van der Waals surface area contributed by atoms with Crippen LogP contribution in [-0.2, 0) is 11.2 Å². The van der Waals surface area contributed by atoms with Gasteiger partial charge in [0.25, 0.3) is 0 Å². The van der Waals surface area contributed by atoms with Crippen molar-refractivity contribution in [3.63, 3.8) is 0 Å². The summed E-state index contributed by atoms with van der Waals surface area (Å²) in [5, 5.41) is 8.63. The molecular formula is C16H22FNO2. The van der Waals surface area contributed by atoms with Gasteiger partial charge in [0.2, 0.25) is 0 Å². The minimum atomic E-state index is -0.720. The molecule has 0 amide bonds. The first-order valence-corrected chi connectivity index (χ1v) is 7.35. The highest BCUT2D eigenvalue weighted by atomic mass is 19.1. The molecule has 0 unspecified atom stereocenters. The number of aliphatic carboxylic acids is 1. The molecule has 0 heterocycles. The number of hydrogen-bond donors (Lipinski definition) is 1. The average Bonchev–Trinajstić information content (AvgIpc) is 3.22. The Morgan fingerprint density at radius 2 is 2.10 bits per heavy atom. The third-order valence-electron chi connectivity index (χ3n) is 3.73. The molecule has 0 aliphatic heterocycles. The predicted octanol–water partition coefficient (Wildman–Crippen LogP) is 3.09. The Hall–Kier alpha value is -1.42. The van der Waals surface area contributed by atoms with E-state index in [9.17, 15) is 9.18 Å². The quantitative estimate of drug-likeness (QED) is 0.706. The molecule has 1 aliphatic rings. The number of unbranched alkanes of at least 4 members (excludes halogenated alkanes) is 1. The highest BCUT2D eigenvalue weighted by molar-refractivity contribution is 5.66. The maximum Gasteiger partial charge on any atom is 0.303 e. The van der Waals surface area contributed by atoms with E-state index >= 15 is 0 Å². The van der Waals surface area contributed by atoms with Crippen molar-refractivity contribution in [2.75, 3.05) is 13.1 Å². The summed E-state index contributed by atoms with van der Waals surface area (Å²) in [5.74, 6) is -0.898. The van der Waals surface area contributed by atoms with Gasteiger partial charge < -0.3 is 10.0 Å². The summed E-state index contributed by atoms with van der Waals surface area (Å²) in [6.07, 6.45) is 5.24. The van der Waals surface area contributed by atoms with E-state index in [-0.39, 0.29) is 12.2 Å². The molecule has 0 aromatic heterocycles. The van der Waals surface area contributed by atoms with Gasteiger partial charge in [-0.25, -0.2) is 4.39 Å². The highest BCUT2D eigenvalue weighted by Gasteiger charge is 2.28. The van der Waals surface area contributed by atoms with E-state index in [1.165, 1.54) is 18.9 Å². The van der Waals surface area contributed by atoms with Crippen molar-refractivity contribution in [3.8, 4) is 0 Å². The summed E-state index contributed by atoms with van der Waals surface area (Å²) in [5.41, 5.74) is 1.03. The molecule has 1 saturated carbocycles. The molecule has 0 saturated heterocycles. The minimum Gasteiger partial charge on any atom is -0.481 e. The zero-order valence-corrected chi connectivity index (χ0v) is 11.7. The fourth-order valence-electron chi connectivity index (χ4n) is 2.47. The van der Waals surface area contributed by atoms with Crippen LogP contribution in [0.2, 0.25) is 0 Å². The SMILES string of the molecule is O=C(O)CCCCN(CCc1cccc(F)c1)C1CC1. The van der Waals surface area contributed by atoms with E-state index in [0.29, 0.717) is 6.04 Å². The molecule has 1 aliphatic carbocycles. The van der Waals surface area contributed by atoms with Crippen LogP contribution in [-0.4, -0.2) is 35.1 Å². The van der Waals surface area contributed by atoms with Gasteiger partial charge >= 0.3 is 5.97 Å². The lowest BCUT2D eigenvalue weighted by atomic mass is 10.1. The summed E-state index contributed by atoms with van der Waals surface area (Å²) >= 11 is 0. The van der Waals surface area contributed by atoms with Crippen molar-refractivity contribution in [2.45, 2.75) is 44.6 Å². The summed E-state index contributed by atoms with van der Waals surface area (Å²) < 4.78 is 13.1. The fraction of sp³-hybridized carbons (Fsp3) is 0.562. The molecule has 110 valence electrons. The van der Waals surface area contributed by atoms with Crippen molar-refractivity contribution in [3.05, 3.63) is 35.6 Å². The monoisotopic (exact) mass is 279 g/mol.